The van der Waals surface area contributed by atoms with Crippen LogP contribution < -0.4 is 5.73 Å². The summed E-state index contributed by atoms with van der Waals surface area (Å²) in [6.07, 6.45) is 1.73. The van der Waals surface area contributed by atoms with Gasteiger partial charge >= 0.3 is 0 Å². The molecule has 0 aromatic carbocycles. The predicted molar refractivity (Wildman–Crippen MR) is 50.9 cm³/mol. The standard InChI is InChI=1S/C6H13N5OS/c7-6-1-3-11(4-2-6)13(12)5-9-10-8/h6H,1-5,7H2. The van der Waals surface area contributed by atoms with Gasteiger partial charge < -0.3 is 5.73 Å². The SMILES string of the molecule is [N-]=[N+]=NCS(=O)N1CCC(N)CC1. The van der Waals surface area contributed by atoms with Crippen molar-refractivity contribution in [3.8, 4) is 0 Å². The molecule has 6 nitrogen and oxygen atoms in total. The third-order valence-corrected chi connectivity index (χ3v) is 3.30. The van der Waals surface area contributed by atoms with Crippen molar-refractivity contribution in [2.45, 2.75) is 18.9 Å². The summed E-state index contributed by atoms with van der Waals surface area (Å²) in [7, 11) is -1.16. The Morgan fingerprint density at radius 3 is 2.77 bits per heavy atom. The van der Waals surface area contributed by atoms with Crippen LogP contribution in [0.4, 0.5) is 0 Å². The molecule has 1 aliphatic rings. The van der Waals surface area contributed by atoms with Crippen molar-refractivity contribution in [2.75, 3.05) is 19.0 Å². The van der Waals surface area contributed by atoms with Crippen molar-refractivity contribution >= 4 is 11.0 Å². The third-order valence-electron chi connectivity index (χ3n) is 2.02. The van der Waals surface area contributed by atoms with E-state index in [4.69, 9.17) is 11.3 Å². The summed E-state index contributed by atoms with van der Waals surface area (Å²) in [5, 5.41) is 3.27. The molecule has 0 amide bonds. The smallest absolute Gasteiger partial charge is 0.117 e. The lowest BCUT2D eigenvalue weighted by molar-refractivity contribution is 0.334. The van der Waals surface area contributed by atoms with Gasteiger partial charge in [0, 0.05) is 24.0 Å². The van der Waals surface area contributed by atoms with Crippen molar-refractivity contribution in [3.05, 3.63) is 10.4 Å². The molecule has 1 heterocycles. The van der Waals surface area contributed by atoms with E-state index in [1.165, 1.54) is 0 Å². The highest BCUT2D eigenvalue weighted by molar-refractivity contribution is 7.82. The maximum absolute atomic E-state index is 11.4. The molecule has 0 aliphatic carbocycles. The molecule has 0 aromatic rings. The lowest BCUT2D eigenvalue weighted by atomic mass is 10.1. The average Bonchev–Trinajstić information content (AvgIpc) is 2.15. The number of nitrogens with zero attached hydrogens (tertiary/aromatic N) is 4. The van der Waals surface area contributed by atoms with E-state index < -0.39 is 11.0 Å². The Bertz CT molecular complexity index is 231. The monoisotopic (exact) mass is 203 g/mol. The van der Waals surface area contributed by atoms with Gasteiger partial charge in [-0.1, -0.05) is 5.11 Å². The minimum atomic E-state index is -1.16. The number of azide groups is 1. The van der Waals surface area contributed by atoms with Gasteiger partial charge in [0.2, 0.25) is 0 Å². The Kier molecular flexibility index (Phi) is 4.17. The largest absolute Gasteiger partial charge is 0.328 e. The minimum Gasteiger partial charge on any atom is -0.328 e. The Morgan fingerprint density at radius 2 is 2.23 bits per heavy atom. The first-order valence-corrected chi connectivity index (χ1v) is 5.41. The molecule has 1 aliphatic heterocycles. The highest BCUT2D eigenvalue weighted by Crippen LogP contribution is 2.10. The second-order valence-electron chi connectivity index (χ2n) is 2.95. The Morgan fingerprint density at radius 1 is 1.62 bits per heavy atom. The zero-order valence-corrected chi connectivity index (χ0v) is 8.11. The number of nitrogens with two attached hydrogens (primary N) is 1. The van der Waals surface area contributed by atoms with E-state index in [-0.39, 0.29) is 11.9 Å². The van der Waals surface area contributed by atoms with E-state index in [0.29, 0.717) is 0 Å². The van der Waals surface area contributed by atoms with Gasteiger partial charge in [-0.25, -0.2) is 8.51 Å². The van der Waals surface area contributed by atoms with E-state index in [2.05, 4.69) is 10.0 Å². The van der Waals surface area contributed by atoms with Crippen LogP contribution >= 0.6 is 0 Å². The summed E-state index contributed by atoms with van der Waals surface area (Å²) in [4.78, 5) is 2.57. The Balaban J connectivity index is 2.35. The van der Waals surface area contributed by atoms with Gasteiger partial charge in [0.1, 0.15) is 16.9 Å². The van der Waals surface area contributed by atoms with Crippen LogP contribution in [-0.4, -0.2) is 33.5 Å². The van der Waals surface area contributed by atoms with Gasteiger partial charge in [-0.15, -0.1) is 0 Å². The first-order chi connectivity index (χ1) is 6.24. The second kappa shape index (κ2) is 5.18. The van der Waals surface area contributed by atoms with Crippen LogP contribution in [0.3, 0.4) is 0 Å². The van der Waals surface area contributed by atoms with E-state index in [0.717, 1.165) is 25.9 Å². The summed E-state index contributed by atoms with van der Waals surface area (Å²) >= 11 is 0. The molecule has 1 fully saturated rings. The molecule has 2 N–H and O–H groups in total. The second-order valence-corrected chi connectivity index (χ2v) is 4.37. The molecule has 1 unspecified atom stereocenters. The van der Waals surface area contributed by atoms with Gasteiger partial charge in [-0.2, -0.15) is 0 Å². The lowest BCUT2D eigenvalue weighted by Crippen LogP contribution is -2.40. The van der Waals surface area contributed by atoms with Crippen LogP contribution in [0, 0.1) is 0 Å². The molecule has 0 spiro atoms. The molecule has 74 valence electrons. The predicted octanol–water partition coefficient (Wildman–Crippen LogP) is 0.341. The molecular weight excluding hydrogens is 190 g/mol. The van der Waals surface area contributed by atoms with Crippen LogP contribution in [0.25, 0.3) is 10.4 Å². The summed E-state index contributed by atoms with van der Waals surface area (Å²) in [6, 6.07) is 0.229. The molecule has 0 radical (unpaired) electrons. The number of rotatable bonds is 3. The third kappa shape index (κ3) is 3.31. The average molecular weight is 203 g/mol. The lowest BCUT2D eigenvalue weighted by Gasteiger charge is -2.28. The highest BCUT2D eigenvalue weighted by atomic mass is 32.2. The highest BCUT2D eigenvalue weighted by Gasteiger charge is 2.19. The molecule has 13 heavy (non-hydrogen) atoms. The molecule has 0 bridgehead atoms. The fourth-order valence-corrected chi connectivity index (χ4v) is 2.17. The molecule has 7 heteroatoms. The van der Waals surface area contributed by atoms with Crippen LogP contribution in [0.1, 0.15) is 12.8 Å². The van der Waals surface area contributed by atoms with E-state index in [1.807, 2.05) is 0 Å². The van der Waals surface area contributed by atoms with E-state index in [1.54, 1.807) is 4.31 Å². The quantitative estimate of drug-likeness (QED) is 0.406. The zero-order chi connectivity index (χ0) is 9.68. The van der Waals surface area contributed by atoms with Gasteiger partial charge in [0.25, 0.3) is 0 Å². The fraction of sp³-hybridized carbons (Fsp3) is 1.00. The van der Waals surface area contributed by atoms with Crippen LogP contribution in [-0.2, 0) is 11.0 Å². The van der Waals surface area contributed by atoms with Gasteiger partial charge in [0.05, 0.1) is 0 Å². The molecule has 1 rings (SSSR count). The minimum absolute atomic E-state index is 0.0335. The van der Waals surface area contributed by atoms with Crippen molar-refractivity contribution in [1.82, 2.24) is 4.31 Å². The maximum Gasteiger partial charge on any atom is 0.117 e. The Hall–Kier alpha value is -0.620. The summed E-state index contributed by atoms with van der Waals surface area (Å²) < 4.78 is 13.2. The summed E-state index contributed by atoms with van der Waals surface area (Å²) in [6.45, 7) is 1.46. The first kappa shape index (κ1) is 10.5. The summed E-state index contributed by atoms with van der Waals surface area (Å²) in [5.74, 6) is 0.0335. The Labute approximate surface area is 79.3 Å². The van der Waals surface area contributed by atoms with Crippen LogP contribution in [0.5, 0.6) is 0 Å². The van der Waals surface area contributed by atoms with Crippen molar-refractivity contribution < 1.29 is 4.21 Å². The first-order valence-electron chi connectivity index (χ1n) is 4.14. The van der Waals surface area contributed by atoms with E-state index >= 15 is 0 Å². The number of hydrogen-bond acceptors (Lipinski definition) is 3. The van der Waals surface area contributed by atoms with Gasteiger partial charge in [-0.3, -0.25) is 0 Å². The van der Waals surface area contributed by atoms with Crippen molar-refractivity contribution in [1.29, 1.82) is 0 Å². The molecule has 1 saturated heterocycles. The topological polar surface area (TPSA) is 95.1 Å². The maximum atomic E-state index is 11.4. The van der Waals surface area contributed by atoms with E-state index in [9.17, 15) is 4.21 Å². The molecule has 1 atom stereocenters. The van der Waals surface area contributed by atoms with Crippen molar-refractivity contribution in [2.24, 2.45) is 10.8 Å². The van der Waals surface area contributed by atoms with Crippen LogP contribution in [0.2, 0.25) is 0 Å². The molecule has 0 saturated carbocycles. The van der Waals surface area contributed by atoms with Gasteiger partial charge in [-0.05, 0) is 18.4 Å². The molecule has 0 aromatic heterocycles. The zero-order valence-electron chi connectivity index (χ0n) is 7.30. The van der Waals surface area contributed by atoms with Crippen molar-refractivity contribution in [3.63, 3.8) is 0 Å². The number of hydrogen-bond donors (Lipinski definition) is 1. The fourth-order valence-electron chi connectivity index (χ4n) is 1.24. The summed E-state index contributed by atoms with van der Waals surface area (Å²) in [5.41, 5.74) is 13.7. The van der Waals surface area contributed by atoms with Gasteiger partial charge in [0.15, 0.2) is 0 Å². The molecular formula is C6H13N5OS. The van der Waals surface area contributed by atoms with Crippen LogP contribution in [0.15, 0.2) is 5.11 Å². The number of piperidine rings is 1. The normalized spacial score (nSPS) is 22.2.